The molecule has 0 bridgehead atoms. The molecule has 0 spiro atoms. The second-order valence-corrected chi connectivity index (χ2v) is 7.34. The molecule has 0 saturated heterocycles. The maximum atomic E-state index is 14.1. The van der Waals surface area contributed by atoms with Gasteiger partial charge in [-0.25, -0.2) is 9.07 Å². The van der Waals surface area contributed by atoms with Crippen LogP contribution in [0.5, 0.6) is 0 Å². The molecule has 2 aromatic carbocycles. The van der Waals surface area contributed by atoms with E-state index in [2.05, 4.69) is 26.2 Å². The van der Waals surface area contributed by atoms with E-state index in [9.17, 15) is 14.0 Å². The molecule has 0 saturated carbocycles. The monoisotopic (exact) mass is 442 g/mol. The fourth-order valence-corrected chi connectivity index (χ4v) is 3.61. The summed E-state index contributed by atoms with van der Waals surface area (Å²) in [5.41, 5.74) is 1.79. The fraction of sp³-hybridized carbons (Fsp3) is 0.100. The van der Waals surface area contributed by atoms with Crippen LogP contribution in [0.25, 0.3) is 16.6 Å². The van der Waals surface area contributed by atoms with E-state index in [1.807, 2.05) is 30.3 Å². The fourth-order valence-electron chi connectivity index (χ4n) is 3.18. The molecule has 28 heavy (non-hydrogen) atoms. The SMILES string of the molecule is Cc1c(NC(=O)c2cc3c(F)cc(Br)cc3[nH]2)c(=O)n(-c2ccccc2)n1C. The Morgan fingerprint density at radius 3 is 2.61 bits per heavy atom. The number of rotatable bonds is 3. The second kappa shape index (κ2) is 6.79. The van der Waals surface area contributed by atoms with E-state index in [1.165, 1.54) is 16.8 Å². The van der Waals surface area contributed by atoms with E-state index >= 15 is 0 Å². The Morgan fingerprint density at radius 1 is 1.18 bits per heavy atom. The number of hydrogen-bond acceptors (Lipinski definition) is 2. The first-order chi connectivity index (χ1) is 13.4. The number of para-hydroxylation sites is 1. The lowest BCUT2D eigenvalue weighted by atomic mass is 10.2. The molecular formula is C20H16BrFN4O2. The van der Waals surface area contributed by atoms with E-state index in [0.717, 1.165) is 0 Å². The molecule has 2 aromatic heterocycles. The van der Waals surface area contributed by atoms with Gasteiger partial charge in [0.2, 0.25) is 0 Å². The number of nitrogens with one attached hydrogen (secondary N) is 2. The normalized spacial score (nSPS) is 11.1. The first-order valence-electron chi connectivity index (χ1n) is 8.50. The number of fused-ring (bicyclic) bond motifs is 1. The van der Waals surface area contributed by atoms with Crippen LogP contribution in [-0.4, -0.2) is 20.3 Å². The minimum atomic E-state index is -0.516. The molecule has 0 aliphatic heterocycles. The summed E-state index contributed by atoms with van der Waals surface area (Å²) in [5.74, 6) is -0.959. The molecule has 2 heterocycles. The number of benzene rings is 2. The maximum absolute atomic E-state index is 14.1. The van der Waals surface area contributed by atoms with Crippen molar-refractivity contribution in [3.8, 4) is 5.69 Å². The molecule has 0 unspecified atom stereocenters. The van der Waals surface area contributed by atoms with Gasteiger partial charge in [-0.1, -0.05) is 34.1 Å². The summed E-state index contributed by atoms with van der Waals surface area (Å²) in [6, 6.07) is 13.6. The Kier molecular flexibility index (Phi) is 4.43. The second-order valence-electron chi connectivity index (χ2n) is 6.42. The van der Waals surface area contributed by atoms with Crippen LogP contribution in [0.1, 0.15) is 16.2 Å². The van der Waals surface area contributed by atoms with Gasteiger partial charge in [-0.05, 0) is 37.3 Å². The first kappa shape index (κ1) is 18.2. The Labute approximate surface area is 167 Å². The standard InChI is InChI=1S/C20H16BrFN4O2/c1-11-18(20(28)26(25(11)2)13-6-4-3-5-7-13)24-19(27)17-10-14-15(22)8-12(21)9-16(14)23-17/h3-10,23H,1-2H3,(H,24,27). The minimum absolute atomic E-state index is 0.168. The average Bonchev–Trinajstić information content (AvgIpc) is 3.18. The molecule has 2 N–H and O–H groups in total. The lowest BCUT2D eigenvalue weighted by Gasteiger charge is -2.07. The van der Waals surface area contributed by atoms with Crippen molar-refractivity contribution in [3.05, 3.63) is 80.6 Å². The van der Waals surface area contributed by atoms with Crippen LogP contribution in [0, 0.1) is 12.7 Å². The zero-order valence-corrected chi connectivity index (χ0v) is 16.7. The van der Waals surface area contributed by atoms with Crippen LogP contribution in [-0.2, 0) is 7.05 Å². The van der Waals surface area contributed by atoms with Gasteiger partial charge in [0.25, 0.3) is 11.5 Å². The van der Waals surface area contributed by atoms with Gasteiger partial charge in [0.05, 0.1) is 16.9 Å². The summed E-state index contributed by atoms with van der Waals surface area (Å²) < 4.78 is 17.8. The van der Waals surface area contributed by atoms with Gasteiger partial charge in [-0.3, -0.25) is 14.3 Å². The molecule has 0 fully saturated rings. The molecule has 6 nitrogen and oxygen atoms in total. The summed E-state index contributed by atoms with van der Waals surface area (Å²) in [7, 11) is 1.75. The van der Waals surface area contributed by atoms with E-state index in [0.29, 0.717) is 26.8 Å². The highest BCUT2D eigenvalue weighted by Crippen LogP contribution is 2.24. The van der Waals surface area contributed by atoms with Crippen molar-refractivity contribution in [3.63, 3.8) is 0 Å². The highest BCUT2D eigenvalue weighted by molar-refractivity contribution is 9.10. The van der Waals surface area contributed by atoms with Crippen molar-refractivity contribution in [1.82, 2.24) is 14.3 Å². The van der Waals surface area contributed by atoms with Gasteiger partial charge < -0.3 is 10.3 Å². The van der Waals surface area contributed by atoms with Gasteiger partial charge in [-0.2, -0.15) is 0 Å². The van der Waals surface area contributed by atoms with E-state index in [4.69, 9.17) is 0 Å². The largest absolute Gasteiger partial charge is 0.350 e. The zero-order chi connectivity index (χ0) is 20.0. The maximum Gasteiger partial charge on any atom is 0.295 e. The third-order valence-electron chi connectivity index (χ3n) is 4.69. The smallest absolute Gasteiger partial charge is 0.295 e. The Bertz CT molecular complexity index is 1270. The quantitative estimate of drug-likeness (QED) is 0.500. The van der Waals surface area contributed by atoms with Crippen molar-refractivity contribution in [2.24, 2.45) is 7.05 Å². The number of carbonyl (C=O) groups excluding carboxylic acids is 1. The van der Waals surface area contributed by atoms with Crippen LogP contribution >= 0.6 is 15.9 Å². The number of hydrogen-bond donors (Lipinski definition) is 2. The van der Waals surface area contributed by atoms with Crippen LogP contribution in [0.4, 0.5) is 10.1 Å². The van der Waals surface area contributed by atoms with Gasteiger partial charge >= 0.3 is 0 Å². The molecule has 1 amide bonds. The van der Waals surface area contributed by atoms with E-state index in [1.54, 1.807) is 24.7 Å². The minimum Gasteiger partial charge on any atom is -0.350 e. The van der Waals surface area contributed by atoms with Crippen LogP contribution in [0.2, 0.25) is 0 Å². The number of aromatic nitrogens is 3. The first-order valence-corrected chi connectivity index (χ1v) is 9.29. The molecule has 0 aliphatic rings. The number of carbonyl (C=O) groups is 1. The summed E-state index contributed by atoms with van der Waals surface area (Å²) >= 11 is 3.23. The number of aromatic amines is 1. The third-order valence-corrected chi connectivity index (χ3v) is 5.15. The topological polar surface area (TPSA) is 71.8 Å². The molecule has 0 radical (unpaired) electrons. The van der Waals surface area contributed by atoms with Crippen molar-refractivity contribution in [2.45, 2.75) is 6.92 Å². The molecular weight excluding hydrogens is 427 g/mol. The average molecular weight is 443 g/mol. The highest BCUT2D eigenvalue weighted by atomic mass is 79.9. The highest BCUT2D eigenvalue weighted by Gasteiger charge is 2.20. The van der Waals surface area contributed by atoms with Gasteiger partial charge in [0.1, 0.15) is 17.2 Å². The number of H-pyrrole nitrogens is 1. The summed E-state index contributed by atoms with van der Waals surface area (Å²) in [6.07, 6.45) is 0. The van der Waals surface area contributed by atoms with Crippen molar-refractivity contribution in [2.75, 3.05) is 5.32 Å². The number of amides is 1. The molecule has 8 heteroatoms. The molecule has 4 aromatic rings. The molecule has 0 aliphatic carbocycles. The van der Waals surface area contributed by atoms with Gasteiger partial charge in [0, 0.05) is 16.9 Å². The van der Waals surface area contributed by atoms with E-state index in [-0.39, 0.29) is 16.9 Å². The Morgan fingerprint density at radius 2 is 1.89 bits per heavy atom. The molecule has 142 valence electrons. The van der Waals surface area contributed by atoms with Crippen LogP contribution in [0.15, 0.2) is 57.8 Å². The van der Waals surface area contributed by atoms with Gasteiger partial charge in [0.15, 0.2) is 0 Å². The van der Waals surface area contributed by atoms with Crippen molar-refractivity contribution >= 4 is 38.4 Å². The number of anilines is 1. The molecule has 0 atom stereocenters. The lowest BCUT2D eigenvalue weighted by Crippen LogP contribution is -2.23. The summed E-state index contributed by atoms with van der Waals surface area (Å²) in [4.78, 5) is 28.5. The van der Waals surface area contributed by atoms with Crippen LogP contribution < -0.4 is 10.9 Å². The van der Waals surface area contributed by atoms with Crippen molar-refractivity contribution < 1.29 is 9.18 Å². The third kappa shape index (κ3) is 2.95. The predicted molar refractivity (Wildman–Crippen MR) is 110 cm³/mol. The zero-order valence-electron chi connectivity index (χ0n) is 15.1. The van der Waals surface area contributed by atoms with Crippen LogP contribution in [0.3, 0.4) is 0 Å². The Hall–Kier alpha value is -3.13. The van der Waals surface area contributed by atoms with E-state index < -0.39 is 11.7 Å². The predicted octanol–water partition coefficient (Wildman–Crippen LogP) is 4.12. The summed E-state index contributed by atoms with van der Waals surface area (Å²) in [5, 5.41) is 2.97. The summed E-state index contributed by atoms with van der Waals surface area (Å²) in [6.45, 7) is 1.75. The lowest BCUT2D eigenvalue weighted by molar-refractivity contribution is 0.102. The molecule has 4 rings (SSSR count). The van der Waals surface area contributed by atoms with Gasteiger partial charge in [-0.15, -0.1) is 0 Å². The Balaban J connectivity index is 1.73. The number of halogens is 2. The van der Waals surface area contributed by atoms with Crippen molar-refractivity contribution in [1.29, 1.82) is 0 Å². The number of nitrogens with zero attached hydrogens (tertiary/aromatic N) is 2.